The molecular formula is C22H31NO5. The second kappa shape index (κ2) is 11.4. The number of hydrogen-bond acceptors (Lipinski definition) is 6. The van der Waals surface area contributed by atoms with E-state index < -0.39 is 6.10 Å². The van der Waals surface area contributed by atoms with Crippen molar-refractivity contribution in [2.75, 3.05) is 41.0 Å². The van der Waals surface area contributed by atoms with Gasteiger partial charge in [0.1, 0.15) is 24.2 Å². The van der Waals surface area contributed by atoms with E-state index in [0.29, 0.717) is 24.6 Å². The summed E-state index contributed by atoms with van der Waals surface area (Å²) < 4.78 is 21.7. The molecule has 2 aromatic carbocycles. The molecule has 0 aliphatic carbocycles. The van der Waals surface area contributed by atoms with Gasteiger partial charge in [-0.3, -0.25) is 4.90 Å². The lowest BCUT2D eigenvalue weighted by Gasteiger charge is -2.26. The monoisotopic (exact) mass is 389 g/mol. The first kappa shape index (κ1) is 21.9. The molecule has 2 aromatic rings. The lowest BCUT2D eigenvalue weighted by molar-refractivity contribution is 0.0653. The summed E-state index contributed by atoms with van der Waals surface area (Å²) in [7, 11) is 4.90. The summed E-state index contributed by atoms with van der Waals surface area (Å²) in [5, 5.41) is 10.5. The van der Waals surface area contributed by atoms with E-state index in [2.05, 4.69) is 11.8 Å². The maximum atomic E-state index is 10.5. The third-order valence-corrected chi connectivity index (χ3v) is 4.39. The molecule has 0 saturated carbocycles. The van der Waals surface area contributed by atoms with Crippen LogP contribution in [0, 0.1) is 0 Å². The van der Waals surface area contributed by atoms with Crippen LogP contribution < -0.4 is 18.9 Å². The standard InChI is InChI=1S/C22H31NO5/c1-5-13-23(14-17-7-6-8-21(26-3)22(17)27-4)15-18(24)16-28-20-11-9-19(25-2)10-12-20/h6-12,18,24H,5,13-16H2,1-4H3. The molecule has 1 N–H and O–H groups in total. The molecule has 0 saturated heterocycles. The van der Waals surface area contributed by atoms with E-state index in [1.54, 1.807) is 21.3 Å². The van der Waals surface area contributed by atoms with Crippen molar-refractivity contribution in [2.45, 2.75) is 26.0 Å². The van der Waals surface area contributed by atoms with Crippen LogP contribution in [0.25, 0.3) is 0 Å². The van der Waals surface area contributed by atoms with Crippen molar-refractivity contribution < 1.29 is 24.1 Å². The Kier molecular flexibility index (Phi) is 8.91. The molecule has 0 spiro atoms. The fraction of sp³-hybridized carbons (Fsp3) is 0.455. The zero-order chi connectivity index (χ0) is 20.4. The van der Waals surface area contributed by atoms with Crippen LogP contribution in [0.2, 0.25) is 0 Å². The van der Waals surface area contributed by atoms with Crippen molar-refractivity contribution in [1.29, 1.82) is 0 Å². The fourth-order valence-electron chi connectivity index (χ4n) is 3.09. The maximum absolute atomic E-state index is 10.5. The van der Waals surface area contributed by atoms with E-state index in [1.807, 2.05) is 42.5 Å². The van der Waals surface area contributed by atoms with Gasteiger partial charge in [-0.1, -0.05) is 19.1 Å². The minimum absolute atomic E-state index is 0.224. The van der Waals surface area contributed by atoms with Crippen molar-refractivity contribution in [3.63, 3.8) is 0 Å². The molecule has 154 valence electrons. The molecule has 0 aliphatic heterocycles. The highest BCUT2D eigenvalue weighted by Gasteiger charge is 2.16. The van der Waals surface area contributed by atoms with E-state index in [9.17, 15) is 5.11 Å². The Hall–Kier alpha value is -2.44. The molecule has 0 fully saturated rings. The second-order valence-electron chi connectivity index (χ2n) is 6.53. The molecule has 1 unspecified atom stereocenters. The summed E-state index contributed by atoms with van der Waals surface area (Å²) in [6, 6.07) is 13.2. The van der Waals surface area contributed by atoms with E-state index in [4.69, 9.17) is 18.9 Å². The number of aliphatic hydroxyl groups is 1. The third-order valence-electron chi connectivity index (χ3n) is 4.39. The molecule has 2 rings (SSSR count). The molecular weight excluding hydrogens is 358 g/mol. The summed E-state index contributed by atoms with van der Waals surface area (Å²) in [5.41, 5.74) is 1.03. The fourth-order valence-corrected chi connectivity index (χ4v) is 3.09. The summed E-state index contributed by atoms with van der Waals surface area (Å²) >= 11 is 0. The van der Waals surface area contributed by atoms with Crippen LogP contribution in [-0.2, 0) is 6.54 Å². The van der Waals surface area contributed by atoms with Crippen LogP contribution in [0.4, 0.5) is 0 Å². The predicted molar refractivity (Wildman–Crippen MR) is 110 cm³/mol. The van der Waals surface area contributed by atoms with Crippen LogP contribution in [0.3, 0.4) is 0 Å². The molecule has 0 aromatic heterocycles. The number of benzene rings is 2. The molecule has 0 heterocycles. The molecule has 1 atom stereocenters. The SMILES string of the molecule is CCCN(Cc1cccc(OC)c1OC)CC(O)COc1ccc(OC)cc1. The van der Waals surface area contributed by atoms with Gasteiger partial charge in [0.15, 0.2) is 11.5 Å². The topological polar surface area (TPSA) is 60.4 Å². The number of hydrogen-bond donors (Lipinski definition) is 1. The first-order valence-electron chi connectivity index (χ1n) is 9.48. The van der Waals surface area contributed by atoms with Crippen molar-refractivity contribution in [3.8, 4) is 23.0 Å². The van der Waals surface area contributed by atoms with Gasteiger partial charge in [-0.25, -0.2) is 0 Å². The quantitative estimate of drug-likeness (QED) is 0.601. The maximum Gasteiger partial charge on any atom is 0.165 e. The molecule has 0 bridgehead atoms. The zero-order valence-corrected chi connectivity index (χ0v) is 17.2. The Morgan fingerprint density at radius 3 is 2.25 bits per heavy atom. The number of nitrogens with zero attached hydrogens (tertiary/aromatic N) is 1. The number of ether oxygens (including phenoxy) is 4. The van der Waals surface area contributed by atoms with E-state index in [-0.39, 0.29) is 6.61 Å². The van der Waals surface area contributed by atoms with Crippen molar-refractivity contribution in [1.82, 2.24) is 4.90 Å². The Labute approximate surface area is 167 Å². The Bertz CT molecular complexity index is 705. The Morgan fingerprint density at radius 2 is 1.64 bits per heavy atom. The van der Waals surface area contributed by atoms with E-state index in [1.165, 1.54) is 0 Å². The van der Waals surface area contributed by atoms with Gasteiger partial charge in [0, 0.05) is 18.7 Å². The van der Waals surface area contributed by atoms with E-state index in [0.717, 1.165) is 30.0 Å². The van der Waals surface area contributed by atoms with Crippen LogP contribution in [0.15, 0.2) is 42.5 Å². The van der Waals surface area contributed by atoms with E-state index >= 15 is 0 Å². The largest absolute Gasteiger partial charge is 0.497 e. The number of para-hydroxylation sites is 1. The molecule has 6 nitrogen and oxygen atoms in total. The highest BCUT2D eigenvalue weighted by atomic mass is 16.5. The first-order chi connectivity index (χ1) is 13.6. The van der Waals surface area contributed by atoms with Gasteiger partial charge in [0.2, 0.25) is 0 Å². The number of rotatable bonds is 12. The van der Waals surface area contributed by atoms with Crippen LogP contribution in [0.1, 0.15) is 18.9 Å². The number of methoxy groups -OCH3 is 3. The molecule has 0 aliphatic rings. The third kappa shape index (κ3) is 6.32. The Balaban J connectivity index is 1.96. The van der Waals surface area contributed by atoms with Crippen molar-refractivity contribution in [3.05, 3.63) is 48.0 Å². The van der Waals surface area contributed by atoms with Gasteiger partial charge in [-0.2, -0.15) is 0 Å². The predicted octanol–water partition coefficient (Wildman–Crippen LogP) is 3.36. The lowest BCUT2D eigenvalue weighted by Crippen LogP contribution is -2.36. The van der Waals surface area contributed by atoms with Crippen LogP contribution >= 0.6 is 0 Å². The zero-order valence-electron chi connectivity index (χ0n) is 17.2. The lowest BCUT2D eigenvalue weighted by atomic mass is 10.1. The smallest absolute Gasteiger partial charge is 0.165 e. The van der Waals surface area contributed by atoms with Crippen molar-refractivity contribution in [2.24, 2.45) is 0 Å². The minimum Gasteiger partial charge on any atom is -0.497 e. The van der Waals surface area contributed by atoms with Gasteiger partial charge in [-0.15, -0.1) is 0 Å². The highest BCUT2D eigenvalue weighted by Crippen LogP contribution is 2.31. The van der Waals surface area contributed by atoms with Gasteiger partial charge < -0.3 is 24.1 Å². The van der Waals surface area contributed by atoms with Crippen LogP contribution in [-0.4, -0.2) is 57.1 Å². The van der Waals surface area contributed by atoms with Gasteiger partial charge in [-0.05, 0) is 43.3 Å². The molecule has 6 heteroatoms. The molecule has 28 heavy (non-hydrogen) atoms. The normalized spacial score (nSPS) is 11.9. The minimum atomic E-state index is -0.606. The highest BCUT2D eigenvalue weighted by molar-refractivity contribution is 5.46. The summed E-state index contributed by atoms with van der Waals surface area (Å²) in [6.45, 7) is 4.37. The van der Waals surface area contributed by atoms with Crippen LogP contribution in [0.5, 0.6) is 23.0 Å². The average molecular weight is 389 g/mol. The Morgan fingerprint density at radius 1 is 0.929 bits per heavy atom. The van der Waals surface area contributed by atoms with Gasteiger partial charge >= 0.3 is 0 Å². The van der Waals surface area contributed by atoms with Gasteiger partial charge in [0.05, 0.1) is 21.3 Å². The van der Waals surface area contributed by atoms with Gasteiger partial charge in [0.25, 0.3) is 0 Å². The first-order valence-corrected chi connectivity index (χ1v) is 9.48. The average Bonchev–Trinajstić information content (AvgIpc) is 2.72. The molecule has 0 amide bonds. The number of aliphatic hydroxyl groups excluding tert-OH is 1. The summed E-state index contributed by atoms with van der Waals surface area (Å²) in [6.07, 6.45) is 0.378. The van der Waals surface area contributed by atoms with Crippen molar-refractivity contribution >= 4 is 0 Å². The summed E-state index contributed by atoms with van der Waals surface area (Å²) in [5.74, 6) is 2.92. The molecule has 0 radical (unpaired) electrons. The second-order valence-corrected chi connectivity index (χ2v) is 6.53. The summed E-state index contributed by atoms with van der Waals surface area (Å²) in [4.78, 5) is 2.19.